The molecule has 3 rings (SSSR count). The van der Waals surface area contributed by atoms with Crippen molar-refractivity contribution >= 4 is 22.5 Å². The van der Waals surface area contributed by atoms with Crippen LogP contribution >= 0.6 is 11.5 Å². The highest BCUT2D eigenvalue weighted by Gasteiger charge is 2.42. The SMILES string of the molecule is Cc1nsc(NC(C)C2CC3CCC2C3)c1C(=O)O. The Bertz CT molecular complexity index is 500. The van der Waals surface area contributed by atoms with Gasteiger partial charge in [-0.2, -0.15) is 4.37 Å². The number of hydrogen-bond donors (Lipinski definition) is 2. The quantitative estimate of drug-likeness (QED) is 0.887. The molecule has 0 radical (unpaired) electrons. The van der Waals surface area contributed by atoms with Crippen molar-refractivity contribution in [3.63, 3.8) is 0 Å². The van der Waals surface area contributed by atoms with E-state index in [9.17, 15) is 9.90 Å². The average Bonchev–Trinajstić information content (AvgIpc) is 3.04. The molecule has 1 aromatic heterocycles. The second-order valence-electron chi connectivity index (χ2n) is 6.05. The summed E-state index contributed by atoms with van der Waals surface area (Å²) in [7, 11) is 0. The third-order valence-corrected chi connectivity index (χ3v) is 5.74. The van der Waals surface area contributed by atoms with E-state index in [1.54, 1.807) is 6.92 Å². The highest BCUT2D eigenvalue weighted by atomic mass is 32.1. The van der Waals surface area contributed by atoms with Crippen LogP contribution in [0.15, 0.2) is 0 Å². The summed E-state index contributed by atoms with van der Waals surface area (Å²) in [5, 5.41) is 13.4. The van der Waals surface area contributed by atoms with Crippen molar-refractivity contribution in [3.8, 4) is 0 Å². The first-order chi connectivity index (χ1) is 9.06. The van der Waals surface area contributed by atoms with Crippen molar-refractivity contribution < 1.29 is 9.90 Å². The van der Waals surface area contributed by atoms with Crippen molar-refractivity contribution in [2.75, 3.05) is 5.32 Å². The minimum atomic E-state index is -0.881. The van der Waals surface area contributed by atoms with Gasteiger partial charge in [0.25, 0.3) is 0 Å². The normalized spacial score (nSPS) is 30.5. The summed E-state index contributed by atoms with van der Waals surface area (Å²) in [6.07, 6.45) is 5.44. The van der Waals surface area contributed by atoms with Crippen LogP contribution < -0.4 is 5.32 Å². The van der Waals surface area contributed by atoms with Crippen LogP contribution in [0.4, 0.5) is 5.00 Å². The van der Waals surface area contributed by atoms with E-state index in [0.29, 0.717) is 23.2 Å². The summed E-state index contributed by atoms with van der Waals surface area (Å²) in [6.45, 7) is 3.94. The highest BCUT2D eigenvalue weighted by molar-refractivity contribution is 7.10. The molecule has 104 valence electrons. The molecule has 19 heavy (non-hydrogen) atoms. The number of fused-ring (bicyclic) bond motifs is 2. The molecule has 4 nitrogen and oxygen atoms in total. The number of nitrogens with one attached hydrogen (secondary N) is 1. The van der Waals surface area contributed by atoms with Crippen LogP contribution in [0, 0.1) is 24.7 Å². The van der Waals surface area contributed by atoms with E-state index >= 15 is 0 Å². The van der Waals surface area contributed by atoms with Gasteiger partial charge >= 0.3 is 5.97 Å². The maximum atomic E-state index is 11.3. The van der Waals surface area contributed by atoms with Crippen LogP contribution in [0.3, 0.4) is 0 Å². The summed E-state index contributed by atoms with van der Waals surface area (Å²) < 4.78 is 4.16. The number of aryl methyl sites for hydroxylation is 1. The molecule has 2 aliphatic rings. The zero-order chi connectivity index (χ0) is 13.6. The Hall–Kier alpha value is -1.10. The second-order valence-corrected chi connectivity index (χ2v) is 6.82. The minimum absolute atomic E-state index is 0.341. The first-order valence-electron chi connectivity index (χ1n) is 7.02. The van der Waals surface area contributed by atoms with E-state index in [-0.39, 0.29) is 0 Å². The predicted molar refractivity (Wildman–Crippen MR) is 75.8 cm³/mol. The molecule has 2 fully saturated rings. The average molecular weight is 280 g/mol. The maximum Gasteiger partial charge on any atom is 0.340 e. The van der Waals surface area contributed by atoms with E-state index in [0.717, 1.165) is 16.8 Å². The Morgan fingerprint density at radius 3 is 2.84 bits per heavy atom. The number of aromatic carboxylic acids is 1. The van der Waals surface area contributed by atoms with Crippen molar-refractivity contribution in [1.29, 1.82) is 0 Å². The molecule has 2 saturated carbocycles. The van der Waals surface area contributed by atoms with Gasteiger partial charge in [-0.1, -0.05) is 6.42 Å². The fourth-order valence-corrected chi connectivity index (χ4v) is 4.82. The molecule has 5 heteroatoms. The topological polar surface area (TPSA) is 62.2 Å². The first kappa shape index (κ1) is 12.9. The molecule has 2 aliphatic carbocycles. The van der Waals surface area contributed by atoms with Crippen molar-refractivity contribution in [3.05, 3.63) is 11.3 Å². The van der Waals surface area contributed by atoms with Crippen LogP contribution in [0.2, 0.25) is 0 Å². The van der Waals surface area contributed by atoms with Gasteiger partial charge in [-0.3, -0.25) is 0 Å². The molecule has 2 bridgehead atoms. The molecule has 0 amide bonds. The number of nitrogens with zero attached hydrogens (tertiary/aromatic N) is 1. The lowest BCUT2D eigenvalue weighted by Crippen LogP contribution is -2.30. The zero-order valence-electron chi connectivity index (χ0n) is 11.3. The Balaban J connectivity index is 1.73. The Kier molecular flexibility index (Phi) is 3.25. The smallest absolute Gasteiger partial charge is 0.340 e. The highest BCUT2D eigenvalue weighted by Crippen LogP contribution is 2.50. The van der Waals surface area contributed by atoms with E-state index in [4.69, 9.17) is 0 Å². The van der Waals surface area contributed by atoms with Gasteiger partial charge in [0.2, 0.25) is 0 Å². The Labute approximate surface area is 117 Å². The molecular formula is C14H20N2O2S. The van der Waals surface area contributed by atoms with Crippen LogP contribution in [0.1, 0.15) is 48.7 Å². The zero-order valence-corrected chi connectivity index (χ0v) is 12.2. The molecule has 0 aliphatic heterocycles. The molecule has 1 aromatic rings. The summed E-state index contributed by atoms with van der Waals surface area (Å²) in [5.41, 5.74) is 0.958. The lowest BCUT2D eigenvalue weighted by molar-refractivity contribution is 0.0697. The fraction of sp³-hybridized carbons (Fsp3) is 0.714. The molecule has 4 unspecified atom stereocenters. The fourth-order valence-electron chi connectivity index (χ4n) is 3.94. The second kappa shape index (κ2) is 4.78. The van der Waals surface area contributed by atoms with Crippen molar-refractivity contribution in [2.45, 2.75) is 45.6 Å². The van der Waals surface area contributed by atoms with E-state index < -0.39 is 5.97 Å². The van der Waals surface area contributed by atoms with Crippen LogP contribution in [0.25, 0.3) is 0 Å². The van der Waals surface area contributed by atoms with Crippen LogP contribution in [-0.2, 0) is 0 Å². The molecule has 0 spiro atoms. The van der Waals surface area contributed by atoms with Gasteiger partial charge in [0.15, 0.2) is 0 Å². The van der Waals surface area contributed by atoms with E-state index in [2.05, 4.69) is 16.6 Å². The number of carboxylic acids is 1. The minimum Gasteiger partial charge on any atom is -0.478 e. The lowest BCUT2D eigenvalue weighted by atomic mass is 9.84. The number of carbonyl (C=O) groups is 1. The Morgan fingerprint density at radius 1 is 1.47 bits per heavy atom. The third kappa shape index (κ3) is 2.24. The van der Waals surface area contributed by atoms with E-state index in [1.165, 1.54) is 37.2 Å². The summed E-state index contributed by atoms with van der Waals surface area (Å²) >= 11 is 1.27. The standard InChI is InChI=1S/C14H20N2O2S/c1-7(11-6-9-3-4-10(11)5-9)15-13-12(14(17)18)8(2)16-19-13/h7,9-11,15H,3-6H2,1-2H3,(H,17,18). The van der Waals surface area contributed by atoms with Crippen LogP contribution in [0.5, 0.6) is 0 Å². The van der Waals surface area contributed by atoms with Gasteiger partial charge in [0.05, 0.1) is 5.69 Å². The maximum absolute atomic E-state index is 11.3. The molecule has 0 saturated heterocycles. The van der Waals surface area contributed by atoms with Gasteiger partial charge in [-0.05, 0) is 62.4 Å². The number of anilines is 1. The lowest BCUT2D eigenvalue weighted by Gasteiger charge is -2.28. The number of rotatable bonds is 4. The van der Waals surface area contributed by atoms with Gasteiger partial charge in [0.1, 0.15) is 10.6 Å². The molecule has 0 aromatic carbocycles. The largest absolute Gasteiger partial charge is 0.478 e. The number of hydrogen-bond acceptors (Lipinski definition) is 4. The van der Waals surface area contributed by atoms with Crippen LogP contribution in [-0.4, -0.2) is 21.5 Å². The summed E-state index contributed by atoms with van der Waals surface area (Å²) in [6, 6.07) is 0.341. The summed E-state index contributed by atoms with van der Waals surface area (Å²) in [4.78, 5) is 11.3. The molecule has 1 heterocycles. The van der Waals surface area contributed by atoms with Gasteiger partial charge < -0.3 is 10.4 Å². The third-order valence-electron chi connectivity index (χ3n) is 4.87. The predicted octanol–water partition coefficient (Wildman–Crippen LogP) is 3.39. The molecule has 4 atom stereocenters. The van der Waals surface area contributed by atoms with Gasteiger partial charge in [-0.15, -0.1) is 0 Å². The number of carboxylic acid groups (broad SMARTS) is 1. The molecular weight excluding hydrogens is 260 g/mol. The summed E-state index contributed by atoms with van der Waals surface area (Å²) in [5.74, 6) is 1.58. The van der Waals surface area contributed by atoms with Crippen molar-refractivity contribution in [1.82, 2.24) is 4.37 Å². The van der Waals surface area contributed by atoms with Crippen molar-refractivity contribution in [2.24, 2.45) is 17.8 Å². The van der Waals surface area contributed by atoms with Gasteiger partial charge in [0, 0.05) is 6.04 Å². The molecule has 2 N–H and O–H groups in total. The van der Waals surface area contributed by atoms with Gasteiger partial charge in [-0.25, -0.2) is 4.79 Å². The monoisotopic (exact) mass is 280 g/mol. The first-order valence-corrected chi connectivity index (χ1v) is 7.79. The Morgan fingerprint density at radius 2 is 2.26 bits per heavy atom. The van der Waals surface area contributed by atoms with E-state index in [1.807, 2.05) is 0 Å². The number of aromatic nitrogens is 1.